The minimum atomic E-state index is -0.667. The lowest BCUT2D eigenvalue weighted by Crippen LogP contribution is -2.47. The number of piperidine rings is 1. The number of carboxylic acids is 1. The predicted molar refractivity (Wildman–Crippen MR) is 85.6 cm³/mol. The van der Waals surface area contributed by atoms with Crippen LogP contribution >= 0.6 is 15.9 Å². The molecule has 1 unspecified atom stereocenters. The second-order valence-corrected chi connectivity index (χ2v) is 6.56. The summed E-state index contributed by atoms with van der Waals surface area (Å²) in [6, 6.07) is 5.90. The van der Waals surface area contributed by atoms with Crippen molar-refractivity contribution in [3.8, 4) is 5.75 Å². The maximum Gasteiger partial charge on any atom is 0.310 e. The second kappa shape index (κ2) is 6.79. The number of methoxy groups -OCH3 is 1. The first-order valence-corrected chi connectivity index (χ1v) is 8.08. The van der Waals surface area contributed by atoms with Crippen molar-refractivity contribution >= 4 is 21.9 Å². The van der Waals surface area contributed by atoms with Gasteiger partial charge in [-0.15, -0.1) is 0 Å². The quantitative estimate of drug-likeness (QED) is 0.877. The number of nitrogens with zero attached hydrogens (tertiary/aromatic N) is 1. The van der Waals surface area contributed by atoms with E-state index >= 15 is 0 Å². The van der Waals surface area contributed by atoms with Gasteiger partial charge >= 0.3 is 5.97 Å². The molecule has 1 aliphatic rings. The fourth-order valence-electron chi connectivity index (χ4n) is 3.02. The number of carbonyl (C=O) groups is 1. The van der Waals surface area contributed by atoms with E-state index in [4.69, 9.17) is 4.74 Å². The third-order valence-electron chi connectivity index (χ3n) is 4.43. The fourth-order valence-corrected chi connectivity index (χ4v) is 3.39. The van der Waals surface area contributed by atoms with Gasteiger partial charge in [-0.3, -0.25) is 9.69 Å². The highest BCUT2D eigenvalue weighted by Crippen LogP contribution is 2.35. The van der Waals surface area contributed by atoms with Crippen molar-refractivity contribution in [1.82, 2.24) is 4.90 Å². The molecule has 0 amide bonds. The smallest absolute Gasteiger partial charge is 0.310 e. The fraction of sp³-hybridized carbons (Fsp3) is 0.562. The average Bonchev–Trinajstić information content (AvgIpc) is 2.49. The molecule has 1 atom stereocenters. The molecule has 5 heteroatoms. The molecule has 0 saturated carbocycles. The van der Waals surface area contributed by atoms with Crippen LogP contribution in [0.3, 0.4) is 0 Å². The van der Waals surface area contributed by atoms with Gasteiger partial charge in [0.15, 0.2) is 0 Å². The van der Waals surface area contributed by atoms with Gasteiger partial charge in [0.2, 0.25) is 0 Å². The van der Waals surface area contributed by atoms with E-state index in [1.807, 2.05) is 25.1 Å². The number of ether oxygens (including phenoxy) is 1. The Kier molecular flexibility index (Phi) is 5.27. The van der Waals surface area contributed by atoms with Gasteiger partial charge in [0.05, 0.1) is 12.5 Å². The average molecular weight is 356 g/mol. The van der Waals surface area contributed by atoms with Crippen molar-refractivity contribution in [3.05, 3.63) is 28.2 Å². The number of benzene rings is 1. The molecule has 0 aromatic heterocycles. The van der Waals surface area contributed by atoms with E-state index in [-0.39, 0.29) is 0 Å². The lowest BCUT2D eigenvalue weighted by molar-refractivity contribution is -0.153. The second-order valence-electron chi connectivity index (χ2n) is 5.71. The van der Waals surface area contributed by atoms with E-state index in [1.54, 1.807) is 7.11 Å². The van der Waals surface area contributed by atoms with Crippen molar-refractivity contribution in [1.29, 1.82) is 0 Å². The summed E-state index contributed by atoms with van der Waals surface area (Å²) in [6.45, 7) is 4.27. The van der Waals surface area contributed by atoms with Crippen LogP contribution in [0, 0.1) is 5.41 Å². The van der Waals surface area contributed by atoms with Crippen molar-refractivity contribution in [2.24, 2.45) is 5.41 Å². The third-order valence-corrected chi connectivity index (χ3v) is 5.21. The van der Waals surface area contributed by atoms with E-state index in [9.17, 15) is 9.90 Å². The molecule has 116 valence electrons. The third kappa shape index (κ3) is 3.58. The van der Waals surface area contributed by atoms with Crippen LogP contribution in [-0.4, -0.2) is 36.2 Å². The van der Waals surface area contributed by atoms with E-state index in [0.29, 0.717) is 13.0 Å². The summed E-state index contributed by atoms with van der Waals surface area (Å²) < 4.78 is 6.30. The van der Waals surface area contributed by atoms with Gasteiger partial charge in [0.1, 0.15) is 5.75 Å². The zero-order chi connectivity index (χ0) is 15.5. The summed E-state index contributed by atoms with van der Waals surface area (Å²) in [5.74, 6) is 0.157. The molecule has 1 fully saturated rings. The van der Waals surface area contributed by atoms with Crippen LogP contribution in [0.2, 0.25) is 0 Å². The Morgan fingerprint density at radius 2 is 2.29 bits per heavy atom. The minimum Gasteiger partial charge on any atom is -0.497 e. The van der Waals surface area contributed by atoms with E-state index in [0.717, 1.165) is 41.7 Å². The molecule has 0 spiro atoms. The Hall–Kier alpha value is -1.07. The zero-order valence-electron chi connectivity index (χ0n) is 12.6. The van der Waals surface area contributed by atoms with E-state index in [1.165, 1.54) is 0 Å². The number of rotatable bonds is 5. The van der Waals surface area contributed by atoms with Crippen LogP contribution in [-0.2, 0) is 11.3 Å². The first-order chi connectivity index (χ1) is 10.0. The van der Waals surface area contributed by atoms with E-state index < -0.39 is 11.4 Å². The highest BCUT2D eigenvalue weighted by atomic mass is 79.9. The minimum absolute atomic E-state index is 0.594. The van der Waals surface area contributed by atoms with E-state index in [2.05, 4.69) is 20.8 Å². The molecular weight excluding hydrogens is 334 g/mol. The molecule has 1 heterocycles. The SMILES string of the molecule is CCC1(C(=O)O)CCCN(Cc2cc(OC)ccc2Br)C1. The summed E-state index contributed by atoms with van der Waals surface area (Å²) in [4.78, 5) is 13.9. The highest BCUT2D eigenvalue weighted by molar-refractivity contribution is 9.10. The van der Waals surface area contributed by atoms with Gasteiger partial charge in [0, 0.05) is 17.6 Å². The molecule has 1 aromatic rings. The monoisotopic (exact) mass is 355 g/mol. The topological polar surface area (TPSA) is 49.8 Å². The van der Waals surface area contributed by atoms with Crippen LogP contribution < -0.4 is 4.74 Å². The van der Waals surface area contributed by atoms with Crippen LogP contribution in [0.25, 0.3) is 0 Å². The molecule has 2 rings (SSSR count). The normalized spacial score (nSPS) is 23.0. The van der Waals surface area contributed by atoms with Crippen molar-refractivity contribution in [3.63, 3.8) is 0 Å². The Labute approximate surface area is 134 Å². The molecule has 1 aliphatic heterocycles. The Morgan fingerprint density at radius 1 is 1.52 bits per heavy atom. The zero-order valence-corrected chi connectivity index (χ0v) is 14.1. The van der Waals surface area contributed by atoms with Crippen molar-refractivity contribution < 1.29 is 14.6 Å². The molecule has 21 heavy (non-hydrogen) atoms. The standard InChI is InChI=1S/C16H22BrNO3/c1-3-16(15(19)20)7-4-8-18(11-16)10-12-9-13(21-2)5-6-14(12)17/h5-6,9H,3-4,7-8,10-11H2,1-2H3,(H,19,20). The van der Waals surface area contributed by atoms with Crippen LogP contribution in [0.5, 0.6) is 5.75 Å². The maximum atomic E-state index is 11.6. The summed E-state index contributed by atoms with van der Waals surface area (Å²) >= 11 is 3.56. The number of hydrogen-bond donors (Lipinski definition) is 1. The number of hydrogen-bond acceptors (Lipinski definition) is 3. The molecule has 0 aliphatic carbocycles. The number of aliphatic carboxylic acids is 1. The lowest BCUT2D eigenvalue weighted by Gasteiger charge is -2.39. The Morgan fingerprint density at radius 3 is 2.90 bits per heavy atom. The summed E-state index contributed by atoms with van der Waals surface area (Å²) in [5, 5.41) is 9.55. The summed E-state index contributed by atoms with van der Waals surface area (Å²) in [5.41, 5.74) is 0.537. The molecule has 4 nitrogen and oxygen atoms in total. The van der Waals surface area contributed by atoms with Gasteiger partial charge in [-0.1, -0.05) is 22.9 Å². The van der Waals surface area contributed by atoms with Crippen LogP contribution in [0.4, 0.5) is 0 Å². The molecular formula is C16H22BrNO3. The van der Waals surface area contributed by atoms with Gasteiger partial charge in [0.25, 0.3) is 0 Å². The van der Waals surface area contributed by atoms with Crippen LogP contribution in [0.1, 0.15) is 31.7 Å². The van der Waals surface area contributed by atoms with Gasteiger partial charge in [-0.2, -0.15) is 0 Å². The molecule has 0 radical (unpaired) electrons. The number of carboxylic acid groups (broad SMARTS) is 1. The maximum absolute atomic E-state index is 11.6. The Balaban J connectivity index is 2.14. The van der Waals surface area contributed by atoms with Gasteiger partial charge in [-0.25, -0.2) is 0 Å². The summed E-state index contributed by atoms with van der Waals surface area (Å²) in [6.07, 6.45) is 2.38. The molecule has 1 aromatic carbocycles. The summed E-state index contributed by atoms with van der Waals surface area (Å²) in [7, 11) is 1.65. The van der Waals surface area contributed by atoms with Crippen LogP contribution in [0.15, 0.2) is 22.7 Å². The number of likely N-dealkylation sites (tertiary alicyclic amines) is 1. The first kappa shape index (κ1) is 16.3. The molecule has 1 saturated heterocycles. The largest absolute Gasteiger partial charge is 0.497 e. The molecule has 0 bridgehead atoms. The molecule has 1 N–H and O–H groups in total. The number of halogens is 1. The van der Waals surface area contributed by atoms with Crippen molar-refractivity contribution in [2.75, 3.05) is 20.2 Å². The Bertz CT molecular complexity index is 520. The van der Waals surface area contributed by atoms with Gasteiger partial charge < -0.3 is 9.84 Å². The van der Waals surface area contributed by atoms with Crippen molar-refractivity contribution in [2.45, 2.75) is 32.7 Å². The van der Waals surface area contributed by atoms with Gasteiger partial charge in [-0.05, 0) is 49.6 Å². The highest BCUT2D eigenvalue weighted by Gasteiger charge is 2.40. The first-order valence-electron chi connectivity index (χ1n) is 7.29. The lowest BCUT2D eigenvalue weighted by atomic mass is 9.77. The predicted octanol–water partition coefficient (Wildman–Crippen LogP) is 3.53.